The summed E-state index contributed by atoms with van der Waals surface area (Å²) in [4.78, 5) is 13.5. The maximum absolute atomic E-state index is 12.2. The molecule has 21 heavy (non-hydrogen) atoms. The Morgan fingerprint density at radius 1 is 1.10 bits per heavy atom. The van der Waals surface area contributed by atoms with Gasteiger partial charge in [-0.2, -0.15) is 0 Å². The number of hydrogen-bond acceptors (Lipinski definition) is 3. The number of hydrogen-bond donors (Lipinski definition) is 0. The lowest BCUT2D eigenvalue weighted by Crippen LogP contribution is -2.34. The van der Waals surface area contributed by atoms with Crippen molar-refractivity contribution in [2.75, 3.05) is 25.9 Å². The van der Waals surface area contributed by atoms with Gasteiger partial charge in [-0.15, -0.1) is 0 Å². The van der Waals surface area contributed by atoms with Gasteiger partial charge in [-0.3, -0.25) is 4.79 Å². The molecule has 0 saturated heterocycles. The fraction of sp³-hybridized carbons (Fsp3) is 0.533. The van der Waals surface area contributed by atoms with E-state index in [9.17, 15) is 13.2 Å². The molecule has 0 spiro atoms. The largest absolute Gasteiger partial charge is 0.343 e. The molecule has 0 aliphatic carbocycles. The Balaban J connectivity index is 2.58. The van der Waals surface area contributed by atoms with Gasteiger partial charge in [-0.1, -0.05) is 30.3 Å². The summed E-state index contributed by atoms with van der Waals surface area (Å²) in [5.74, 6) is -0.261. The Labute approximate surface area is 127 Å². The van der Waals surface area contributed by atoms with Crippen molar-refractivity contribution in [1.29, 1.82) is 0 Å². The van der Waals surface area contributed by atoms with E-state index in [4.69, 9.17) is 0 Å². The summed E-state index contributed by atoms with van der Waals surface area (Å²) in [6.45, 7) is 5.31. The molecule has 1 amide bonds. The number of benzene rings is 1. The van der Waals surface area contributed by atoms with E-state index >= 15 is 0 Å². The lowest BCUT2D eigenvalue weighted by atomic mass is 10.2. The Hall–Kier alpha value is -1.40. The van der Waals surface area contributed by atoms with Crippen molar-refractivity contribution in [3.63, 3.8) is 0 Å². The molecule has 0 fully saturated rings. The van der Waals surface area contributed by atoms with E-state index in [1.54, 1.807) is 11.9 Å². The van der Waals surface area contributed by atoms with Gasteiger partial charge in [0.05, 0.1) is 5.75 Å². The van der Waals surface area contributed by atoms with E-state index in [1.165, 1.54) is 4.31 Å². The zero-order chi connectivity index (χ0) is 15.9. The van der Waals surface area contributed by atoms with Crippen LogP contribution >= 0.6 is 0 Å². The highest BCUT2D eigenvalue weighted by atomic mass is 32.2. The minimum absolute atomic E-state index is 0.0309. The maximum Gasteiger partial charge on any atom is 0.223 e. The standard InChI is InChI=1S/C15H24N2O3S/c1-4-17(5-2)15(18)11-12-21(19,20)16(3)13-14-9-7-6-8-10-14/h6-10H,4-5,11-13H2,1-3H3. The van der Waals surface area contributed by atoms with E-state index in [1.807, 2.05) is 44.2 Å². The van der Waals surface area contributed by atoms with Crippen LogP contribution < -0.4 is 0 Å². The fourth-order valence-electron chi connectivity index (χ4n) is 2.05. The van der Waals surface area contributed by atoms with Crippen LogP contribution in [-0.2, 0) is 21.4 Å². The molecule has 0 saturated carbocycles. The predicted molar refractivity (Wildman–Crippen MR) is 84.2 cm³/mol. The first-order valence-corrected chi connectivity index (χ1v) is 8.77. The van der Waals surface area contributed by atoms with Crippen LogP contribution in [-0.4, -0.2) is 49.4 Å². The minimum Gasteiger partial charge on any atom is -0.343 e. The number of carbonyl (C=O) groups excluding carboxylic acids is 1. The number of sulfonamides is 1. The fourth-order valence-corrected chi connectivity index (χ4v) is 3.14. The first kappa shape index (κ1) is 17.7. The quantitative estimate of drug-likeness (QED) is 0.734. The molecule has 0 atom stereocenters. The van der Waals surface area contributed by atoms with E-state index in [2.05, 4.69) is 0 Å². The monoisotopic (exact) mass is 312 g/mol. The predicted octanol–water partition coefficient (Wildman–Crippen LogP) is 1.71. The first-order chi connectivity index (χ1) is 9.90. The van der Waals surface area contributed by atoms with Gasteiger partial charge in [0, 0.05) is 33.1 Å². The summed E-state index contributed by atoms with van der Waals surface area (Å²) in [5.41, 5.74) is 0.929. The second kappa shape index (κ2) is 8.14. The third kappa shape index (κ3) is 5.47. The summed E-state index contributed by atoms with van der Waals surface area (Å²) in [5, 5.41) is 0. The third-order valence-corrected chi connectivity index (χ3v) is 5.21. The van der Waals surface area contributed by atoms with E-state index in [-0.39, 0.29) is 18.1 Å². The topological polar surface area (TPSA) is 57.7 Å². The van der Waals surface area contributed by atoms with Crippen LogP contribution in [0.2, 0.25) is 0 Å². The Kier molecular flexibility index (Phi) is 6.84. The molecule has 1 rings (SSSR count). The zero-order valence-electron chi connectivity index (χ0n) is 12.9. The van der Waals surface area contributed by atoms with Gasteiger partial charge in [0.25, 0.3) is 0 Å². The van der Waals surface area contributed by atoms with Gasteiger partial charge in [0.15, 0.2) is 0 Å². The molecule has 1 aromatic rings. The molecule has 0 N–H and O–H groups in total. The Morgan fingerprint density at radius 3 is 2.19 bits per heavy atom. The van der Waals surface area contributed by atoms with Crippen LogP contribution in [0.4, 0.5) is 0 Å². The van der Waals surface area contributed by atoms with Crippen LogP contribution in [0.1, 0.15) is 25.8 Å². The van der Waals surface area contributed by atoms with E-state index in [0.717, 1.165) is 5.56 Å². The zero-order valence-corrected chi connectivity index (χ0v) is 13.8. The van der Waals surface area contributed by atoms with Crippen LogP contribution in [0, 0.1) is 0 Å². The molecule has 0 aromatic heterocycles. The second-order valence-electron chi connectivity index (χ2n) is 4.87. The molecule has 6 heteroatoms. The molecule has 5 nitrogen and oxygen atoms in total. The summed E-state index contributed by atoms with van der Waals surface area (Å²) < 4.78 is 25.7. The molecule has 0 aliphatic rings. The lowest BCUT2D eigenvalue weighted by molar-refractivity contribution is -0.130. The third-order valence-electron chi connectivity index (χ3n) is 3.41. The van der Waals surface area contributed by atoms with Gasteiger partial charge in [0.1, 0.15) is 0 Å². The highest BCUT2D eigenvalue weighted by molar-refractivity contribution is 7.89. The van der Waals surface area contributed by atoms with E-state index < -0.39 is 10.0 Å². The van der Waals surface area contributed by atoms with Crippen LogP contribution in [0.15, 0.2) is 30.3 Å². The minimum atomic E-state index is -3.42. The smallest absolute Gasteiger partial charge is 0.223 e. The maximum atomic E-state index is 12.2. The Morgan fingerprint density at radius 2 is 1.67 bits per heavy atom. The first-order valence-electron chi connectivity index (χ1n) is 7.16. The van der Waals surface area contributed by atoms with Gasteiger partial charge in [-0.25, -0.2) is 12.7 Å². The van der Waals surface area contributed by atoms with Crippen molar-refractivity contribution in [3.8, 4) is 0 Å². The van der Waals surface area contributed by atoms with Gasteiger partial charge in [-0.05, 0) is 19.4 Å². The van der Waals surface area contributed by atoms with Crippen molar-refractivity contribution in [1.82, 2.24) is 9.21 Å². The van der Waals surface area contributed by atoms with Crippen molar-refractivity contribution in [2.45, 2.75) is 26.8 Å². The van der Waals surface area contributed by atoms with Crippen molar-refractivity contribution in [2.24, 2.45) is 0 Å². The molecule has 0 aliphatic heterocycles. The molecular formula is C15H24N2O3S. The molecular weight excluding hydrogens is 288 g/mol. The van der Waals surface area contributed by atoms with Crippen LogP contribution in [0.3, 0.4) is 0 Å². The summed E-state index contributed by atoms with van der Waals surface area (Å²) in [6.07, 6.45) is 0.0309. The molecule has 0 bridgehead atoms. The second-order valence-corrected chi connectivity index (χ2v) is 7.07. The SMILES string of the molecule is CCN(CC)C(=O)CCS(=O)(=O)N(C)Cc1ccccc1. The van der Waals surface area contributed by atoms with Crippen molar-refractivity contribution < 1.29 is 13.2 Å². The van der Waals surface area contributed by atoms with Crippen molar-refractivity contribution in [3.05, 3.63) is 35.9 Å². The molecule has 1 aromatic carbocycles. The molecule has 118 valence electrons. The van der Waals surface area contributed by atoms with Gasteiger partial charge < -0.3 is 4.90 Å². The molecule has 0 heterocycles. The normalized spacial score (nSPS) is 11.6. The number of carbonyl (C=O) groups is 1. The van der Waals surface area contributed by atoms with Gasteiger partial charge >= 0.3 is 0 Å². The summed E-state index contributed by atoms with van der Waals surface area (Å²) >= 11 is 0. The average molecular weight is 312 g/mol. The van der Waals surface area contributed by atoms with Gasteiger partial charge in [0.2, 0.25) is 15.9 Å². The van der Waals surface area contributed by atoms with Crippen molar-refractivity contribution >= 4 is 15.9 Å². The summed E-state index contributed by atoms with van der Waals surface area (Å²) in [7, 11) is -1.87. The Bertz CT molecular complexity index is 539. The molecule has 0 radical (unpaired) electrons. The molecule has 0 unspecified atom stereocenters. The van der Waals surface area contributed by atoms with Crippen LogP contribution in [0.25, 0.3) is 0 Å². The number of rotatable bonds is 8. The van der Waals surface area contributed by atoms with Crippen LogP contribution in [0.5, 0.6) is 0 Å². The summed E-state index contributed by atoms with van der Waals surface area (Å²) in [6, 6.07) is 9.40. The highest BCUT2D eigenvalue weighted by Crippen LogP contribution is 2.09. The average Bonchev–Trinajstić information content (AvgIpc) is 2.47. The lowest BCUT2D eigenvalue weighted by Gasteiger charge is -2.20. The number of amides is 1. The highest BCUT2D eigenvalue weighted by Gasteiger charge is 2.21. The number of nitrogens with zero attached hydrogens (tertiary/aromatic N) is 2. The van der Waals surface area contributed by atoms with E-state index in [0.29, 0.717) is 19.6 Å².